The summed E-state index contributed by atoms with van der Waals surface area (Å²) in [6.45, 7) is -0.116. The lowest BCUT2D eigenvalue weighted by molar-refractivity contribution is -0.122. The number of carbonyl (C=O) groups is 1. The van der Waals surface area contributed by atoms with Gasteiger partial charge in [-0.25, -0.2) is 9.18 Å². The SMILES string of the molecule is O=C(Cn1c(Cc2ccc(F)cc2)noc1=O)NC1CCCC1. The second-order valence-corrected chi connectivity index (χ2v) is 5.80. The van der Waals surface area contributed by atoms with Gasteiger partial charge < -0.3 is 5.32 Å². The van der Waals surface area contributed by atoms with Crippen LogP contribution in [0.4, 0.5) is 4.39 Å². The van der Waals surface area contributed by atoms with Crippen molar-refractivity contribution in [1.29, 1.82) is 0 Å². The van der Waals surface area contributed by atoms with E-state index in [1.54, 1.807) is 12.1 Å². The number of aromatic nitrogens is 2. The Morgan fingerprint density at radius 3 is 2.70 bits per heavy atom. The molecule has 1 saturated carbocycles. The molecule has 1 aliphatic rings. The standard InChI is InChI=1S/C16H18FN3O3/c17-12-7-5-11(6-8-12)9-14-19-23-16(22)20(14)10-15(21)18-13-3-1-2-4-13/h5-8,13H,1-4,9-10H2,(H,18,21). The van der Waals surface area contributed by atoms with Gasteiger partial charge in [-0.15, -0.1) is 0 Å². The van der Waals surface area contributed by atoms with E-state index in [0.717, 1.165) is 31.2 Å². The minimum Gasteiger partial charge on any atom is -0.352 e. The molecule has 23 heavy (non-hydrogen) atoms. The smallest absolute Gasteiger partial charge is 0.352 e. The Balaban J connectivity index is 1.69. The first-order valence-electron chi connectivity index (χ1n) is 7.71. The van der Waals surface area contributed by atoms with E-state index in [0.29, 0.717) is 12.2 Å². The van der Waals surface area contributed by atoms with Crippen LogP contribution in [-0.2, 0) is 17.8 Å². The zero-order valence-electron chi connectivity index (χ0n) is 12.6. The molecular weight excluding hydrogens is 301 g/mol. The number of carbonyl (C=O) groups excluding carboxylic acids is 1. The fourth-order valence-electron chi connectivity index (χ4n) is 2.85. The predicted molar refractivity (Wildman–Crippen MR) is 80.4 cm³/mol. The summed E-state index contributed by atoms with van der Waals surface area (Å²) in [7, 11) is 0. The van der Waals surface area contributed by atoms with Gasteiger partial charge in [0.1, 0.15) is 12.4 Å². The number of rotatable bonds is 5. The summed E-state index contributed by atoms with van der Waals surface area (Å²) in [6, 6.07) is 6.09. The van der Waals surface area contributed by atoms with Crippen LogP contribution in [0.15, 0.2) is 33.6 Å². The molecule has 7 heteroatoms. The van der Waals surface area contributed by atoms with Crippen LogP contribution >= 0.6 is 0 Å². The maximum absolute atomic E-state index is 12.9. The highest BCUT2D eigenvalue weighted by Gasteiger charge is 2.19. The maximum Gasteiger partial charge on any atom is 0.442 e. The van der Waals surface area contributed by atoms with Crippen molar-refractivity contribution in [3.63, 3.8) is 0 Å². The van der Waals surface area contributed by atoms with E-state index in [2.05, 4.69) is 15.0 Å². The number of hydrogen-bond donors (Lipinski definition) is 1. The molecule has 1 aromatic carbocycles. The highest BCUT2D eigenvalue weighted by molar-refractivity contribution is 5.76. The molecule has 0 unspecified atom stereocenters. The first kappa shape index (κ1) is 15.5. The van der Waals surface area contributed by atoms with Gasteiger partial charge in [0.2, 0.25) is 5.91 Å². The molecular formula is C16H18FN3O3. The van der Waals surface area contributed by atoms with Crippen LogP contribution in [0.5, 0.6) is 0 Å². The Morgan fingerprint density at radius 2 is 2.00 bits per heavy atom. The van der Waals surface area contributed by atoms with Gasteiger partial charge in [-0.1, -0.05) is 30.1 Å². The van der Waals surface area contributed by atoms with Gasteiger partial charge >= 0.3 is 5.76 Å². The number of nitrogens with zero attached hydrogens (tertiary/aromatic N) is 2. The van der Waals surface area contributed by atoms with Crippen LogP contribution < -0.4 is 11.1 Å². The number of hydrogen-bond acceptors (Lipinski definition) is 4. The Kier molecular flexibility index (Phi) is 4.55. The molecule has 2 aromatic rings. The van der Waals surface area contributed by atoms with Gasteiger partial charge in [0, 0.05) is 12.5 Å². The second-order valence-electron chi connectivity index (χ2n) is 5.80. The van der Waals surface area contributed by atoms with Gasteiger partial charge in [-0.3, -0.25) is 13.9 Å². The molecule has 0 aliphatic heterocycles. The van der Waals surface area contributed by atoms with Gasteiger partial charge in [0.15, 0.2) is 5.82 Å². The summed E-state index contributed by atoms with van der Waals surface area (Å²) in [5.74, 6) is -0.864. The molecule has 6 nitrogen and oxygen atoms in total. The first-order chi connectivity index (χ1) is 11.1. The average molecular weight is 319 g/mol. The van der Waals surface area contributed by atoms with Crippen molar-refractivity contribution in [2.24, 2.45) is 0 Å². The zero-order chi connectivity index (χ0) is 16.2. The lowest BCUT2D eigenvalue weighted by Gasteiger charge is -2.12. The third-order valence-corrected chi connectivity index (χ3v) is 4.06. The Bertz CT molecular complexity index is 730. The van der Waals surface area contributed by atoms with E-state index < -0.39 is 5.76 Å². The van der Waals surface area contributed by atoms with E-state index in [9.17, 15) is 14.0 Å². The van der Waals surface area contributed by atoms with E-state index in [-0.39, 0.29) is 24.3 Å². The quantitative estimate of drug-likeness (QED) is 0.908. The van der Waals surface area contributed by atoms with Crippen molar-refractivity contribution in [1.82, 2.24) is 15.0 Å². The van der Waals surface area contributed by atoms with Gasteiger partial charge in [0.05, 0.1) is 0 Å². The van der Waals surface area contributed by atoms with Crippen LogP contribution in [0, 0.1) is 5.82 Å². The van der Waals surface area contributed by atoms with E-state index in [1.807, 2.05) is 0 Å². The summed E-state index contributed by atoms with van der Waals surface area (Å²) in [4.78, 5) is 23.8. The first-order valence-corrected chi connectivity index (χ1v) is 7.71. The molecule has 0 bridgehead atoms. The van der Waals surface area contributed by atoms with Crippen molar-refractivity contribution >= 4 is 5.91 Å². The van der Waals surface area contributed by atoms with Crippen molar-refractivity contribution in [3.05, 3.63) is 52.0 Å². The largest absolute Gasteiger partial charge is 0.442 e. The molecule has 0 saturated heterocycles. The summed E-state index contributed by atoms with van der Waals surface area (Å²) in [6.07, 6.45) is 4.49. The average Bonchev–Trinajstić information content (AvgIpc) is 3.14. The lowest BCUT2D eigenvalue weighted by atomic mass is 10.1. The number of benzene rings is 1. The summed E-state index contributed by atoms with van der Waals surface area (Å²) in [5, 5.41) is 6.65. The Labute approximate surface area is 132 Å². The molecule has 1 N–H and O–H groups in total. The topological polar surface area (TPSA) is 77.1 Å². The summed E-state index contributed by atoms with van der Waals surface area (Å²) in [5.41, 5.74) is 0.782. The van der Waals surface area contributed by atoms with Crippen LogP contribution in [0.25, 0.3) is 0 Å². The third kappa shape index (κ3) is 3.85. The van der Waals surface area contributed by atoms with Crippen LogP contribution in [0.3, 0.4) is 0 Å². The van der Waals surface area contributed by atoms with E-state index >= 15 is 0 Å². The van der Waals surface area contributed by atoms with E-state index in [1.165, 1.54) is 16.7 Å². The fraction of sp³-hybridized carbons (Fsp3) is 0.438. The van der Waals surface area contributed by atoms with E-state index in [4.69, 9.17) is 0 Å². The molecule has 0 spiro atoms. The molecule has 0 atom stereocenters. The zero-order valence-corrected chi connectivity index (χ0v) is 12.6. The van der Waals surface area contributed by atoms with Gasteiger partial charge in [-0.05, 0) is 30.5 Å². The third-order valence-electron chi connectivity index (χ3n) is 4.06. The number of amides is 1. The minimum absolute atomic E-state index is 0.116. The lowest BCUT2D eigenvalue weighted by Crippen LogP contribution is -2.37. The summed E-state index contributed by atoms with van der Waals surface area (Å²) >= 11 is 0. The van der Waals surface area contributed by atoms with Crippen molar-refractivity contribution in [2.75, 3.05) is 0 Å². The van der Waals surface area contributed by atoms with Crippen LogP contribution in [0.1, 0.15) is 37.1 Å². The molecule has 1 aliphatic carbocycles. The molecule has 122 valence electrons. The predicted octanol–water partition coefficient (Wildman–Crippen LogP) is 1.63. The molecule has 1 heterocycles. The highest BCUT2D eigenvalue weighted by atomic mass is 19.1. The molecule has 1 amide bonds. The van der Waals surface area contributed by atoms with Gasteiger partial charge in [0.25, 0.3) is 0 Å². The maximum atomic E-state index is 12.9. The van der Waals surface area contributed by atoms with Crippen LogP contribution in [0.2, 0.25) is 0 Å². The fourth-order valence-corrected chi connectivity index (χ4v) is 2.85. The Morgan fingerprint density at radius 1 is 1.30 bits per heavy atom. The molecule has 1 fully saturated rings. The molecule has 3 rings (SSSR count). The van der Waals surface area contributed by atoms with Gasteiger partial charge in [-0.2, -0.15) is 0 Å². The normalized spacial score (nSPS) is 15.0. The van der Waals surface area contributed by atoms with Crippen molar-refractivity contribution < 1.29 is 13.7 Å². The van der Waals surface area contributed by atoms with Crippen molar-refractivity contribution in [2.45, 2.75) is 44.7 Å². The molecule has 1 aromatic heterocycles. The van der Waals surface area contributed by atoms with Crippen molar-refractivity contribution in [3.8, 4) is 0 Å². The Hall–Kier alpha value is -2.44. The summed E-state index contributed by atoms with van der Waals surface area (Å²) < 4.78 is 18.8. The number of nitrogens with one attached hydrogen (secondary N) is 1. The molecule has 0 radical (unpaired) electrons. The second kappa shape index (κ2) is 6.76. The van der Waals surface area contributed by atoms with Crippen LogP contribution in [-0.4, -0.2) is 21.7 Å². The highest BCUT2D eigenvalue weighted by Crippen LogP contribution is 2.17. The monoisotopic (exact) mass is 319 g/mol. The number of halogens is 1. The minimum atomic E-state index is -0.663.